The minimum absolute atomic E-state index is 0.0418. The van der Waals surface area contributed by atoms with Crippen molar-refractivity contribution in [3.05, 3.63) is 51.9 Å². The zero-order chi connectivity index (χ0) is 13.1. The molecular weight excluding hydrogens is 236 g/mol. The molecule has 1 aliphatic rings. The summed E-state index contributed by atoms with van der Waals surface area (Å²) in [4.78, 5) is 22.9. The summed E-state index contributed by atoms with van der Waals surface area (Å²) >= 11 is 0. The van der Waals surface area contributed by atoms with Gasteiger partial charge in [0.05, 0.1) is 11.5 Å². The molecule has 0 N–H and O–H groups in total. The Labute approximate surface area is 104 Å². The third-order valence-corrected chi connectivity index (χ3v) is 2.64. The first-order valence-electron chi connectivity index (χ1n) is 5.40. The topological polar surface area (TPSA) is 72.7 Å². The van der Waals surface area contributed by atoms with Crippen molar-refractivity contribution in [2.45, 2.75) is 19.7 Å². The average molecular weight is 248 g/mol. The summed E-state index contributed by atoms with van der Waals surface area (Å²) in [6, 6.07) is 6.45. The average Bonchev–Trinajstić information content (AvgIpc) is 2.70. The highest BCUT2D eigenvalue weighted by molar-refractivity contribution is 5.57. The van der Waals surface area contributed by atoms with E-state index in [1.807, 2.05) is 0 Å². The molecule has 1 aliphatic heterocycles. The zero-order valence-corrected chi connectivity index (χ0v) is 9.78. The van der Waals surface area contributed by atoms with E-state index in [1.165, 1.54) is 6.07 Å². The number of carbonyl (C=O) groups excluding carboxylic acids is 1. The van der Waals surface area contributed by atoms with Gasteiger partial charge in [0.15, 0.2) is 6.29 Å². The monoisotopic (exact) mass is 248 g/mol. The van der Waals surface area contributed by atoms with Gasteiger partial charge in [-0.2, -0.15) is 0 Å². The van der Waals surface area contributed by atoms with Gasteiger partial charge in [0.2, 0.25) is 6.23 Å². The summed E-state index contributed by atoms with van der Waals surface area (Å²) in [5, 5.41) is 10.9. The van der Waals surface area contributed by atoms with Crippen LogP contribution in [0.25, 0.3) is 0 Å². The fourth-order valence-electron chi connectivity index (χ4n) is 1.86. The van der Waals surface area contributed by atoms with E-state index in [4.69, 9.17) is 4.74 Å². The predicted octanol–water partition coefficient (Wildman–Crippen LogP) is 1.81. The Morgan fingerprint density at radius 2 is 2.22 bits per heavy atom. The van der Waals surface area contributed by atoms with Gasteiger partial charge in [-0.05, 0) is 6.92 Å². The number of nitro benzene ring substituents is 1. The third kappa shape index (κ3) is 2.32. The normalized spacial score (nSPS) is 18.2. The van der Waals surface area contributed by atoms with Crippen molar-refractivity contribution in [2.24, 2.45) is 0 Å². The van der Waals surface area contributed by atoms with E-state index >= 15 is 0 Å². The van der Waals surface area contributed by atoms with E-state index in [-0.39, 0.29) is 12.2 Å². The predicted molar refractivity (Wildman–Crippen MR) is 63.3 cm³/mol. The van der Waals surface area contributed by atoms with Gasteiger partial charge in [-0.1, -0.05) is 18.2 Å². The summed E-state index contributed by atoms with van der Waals surface area (Å²) in [5.41, 5.74) is 0.587. The number of hydrogen-bond acceptors (Lipinski definition) is 5. The van der Waals surface area contributed by atoms with Crippen LogP contribution < -0.4 is 0 Å². The van der Waals surface area contributed by atoms with Crippen molar-refractivity contribution in [1.82, 2.24) is 4.90 Å². The standard InChI is InChI=1S/C12H12N2O4/c1-9-6-13(12(8-15)18-9)7-10-4-2-3-5-11(10)14(16)17/h2-6,8,12H,7H2,1H3. The zero-order valence-electron chi connectivity index (χ0n) is 9.78. The molecule has 6 heteroatoms. The van der Waals surface area contributed by atoms with Crippen LogP contribution in [0.3, 0.4) is 0 Å². The van der Waals surface area contributed by atoms with Crippen molar-refractivity contribution in [3.63, 3.8) is 0 Å². The molecule has 1 atom stereocenters. The SMILES string of the molecule is CC1=CN(Cc2ccccc2[N+](=O)[O-])C(C=O)O1. The summed E-state index contributed by atoms with van der Waals surface area (Å²) in [6.45, 7) is 1.99. The van der Waals surface area contributed by atoms with Crippen LogP contribution in [0.4, 0.5) is 5.69 Å². The highest BCUT2D eigenvalue weighted by atomic mass is 16.6. The second kappa shape index (κ2) is 4.87. The maximum Gasteiger partial charge on any atom is 0.274 e. The van der Waals surface area contributed by atoms with Crippen molar-refractivity contribution in [3.8, 4) is 0 Å². The van der Waals surface area contributed by atoms with Crippen LogP contribution in [0.2, 0.25) is 0 Å². The molecule has 6 nitrogen and oxygen atoms in total. The second-order valence-corrected chi connectivity index (χ2v) is 3.94. The first-order valence-corrected chi connectivity index (χ1v) is 5.40. The van der Waals surface area contributed by atoms with Crippen LogP contribution in [0, 0.1) is 10.1 Å². The quantitative estimate of drug-likeness (QED) is 0.461. The van der Waals surface area contributed by atoms with Crippen LogP contribution in [-0.4, -0.2) is 22.3 Å². The van der Waals surface area contributed by atoms with E-state index in [2.05, 4.69) is 0 Å². The lowest BCUT2D eigenvalue weighted by Crippen LogP contribution is -2.29. The van der Waals surface area contributed by atoms with Crippen molar-refractivity contribution >= 4 is 12.0 Å². The largest absolute Gasteiger partial charge is 0.467 e. The van der Waals surface area contributed by atoms with Gasteiger partial charge in [0.1, 0.15) is 5.76 Å². The van der Waals surface area contributed by atoms with Crippen molar-refractivity contribution < 1.29 is 14.5 Å². The Hall–Kier alpha value is -2.37. The Kier molecular flexibility index (Phi) is 3.27. The fraction of sp³-hybridized carbons (Fsp3) is 0.250. The number of allylic oxidation sites excluding steroid dienone is 1. The number of rotatable bonds is 4. The summed E-state index contributed by atoms with van der Waals surface area (Å²) in [7, 11) is 0. The van der Waals surface area contributed by atoms with Gasteiger partial charge in [0.25, 0.3) is 5.69 Å². The molecule has 18 heavy (non-hydrogen) atoms. The van der Waals surface area contributed by atoms with Crippen LogP contribution in [-0.2, 0) is 16.1 Å². The van der Waals surface area contributed by atoms with Crippen LogP contribution in [0.5, 0.6) is 0 Å². The maximum absolute atomic E-state index is 10.9. The molecule has 94 valence electrons. The summed E-state index contributed by atoms with van der Waals surface area (Å²) in [5.74, 6) is 0.616. The number of nitrogens with zero attached hydrogens (tertiary/aromatic N) is 2. The molecule has 1 aromatic rings. The van der Waals surface area contributed by atoms with Crippen molar-refractivity contribution in [2.75, 3.05) is 0 Å². The molecule has 0 amide bonds. The second-order valence-electron chi connectivity index (χ2n) is 3.94. The number of aldehydes is 1. The van der Waals surface area contributed by atoms with Gasteiger partial charge in [-0.3, -0.25) is 14.9 Å². The molecule has 0 aromatic heterocycles. The Balaban J connectivity index is 2.24. The van der Waals surface area contributed by atoms with E-state index < -0.39 is 11.2 Å². The molecule has 0 saturated heterocycles. The number of para-hydroxylation sites is 1. The Bertz CT molecular complexity index is 513. The molecule has 0 radical (unpaired) electrons. The lowest BCUT2D eigenvalue weighted by atomic mass is 10.1. The van der Waals surface area contributed by atoms with E-state index in [9.17, 15) is 14.9 Å². The smallest absolute Gasteiger partial charge is 0.274 e. The van der Waals surface area contributed by atoms with E-state index in [1.54, 1.807) is 36.2 Å². The van der Waals surface area contributed by atoms with Gasteiger partial charge < -0.3 is 9.64 Å². The first-order chi connectivity index (χ1) is 8.61. The lowest BCUT2D eigenvalue weighted by Gasteiger charge is -2.19. The molecule has 0 bridgehead atoms. The highest BCUT2D eigenvalue weighted by Crippen LogP contribution is 2.24. The lowest BCUT2D eigenvalue weighted by molar-refractivity contribution is -0.385. The van der Waals surface area contributed by atoms with E-state index in [0.29, 0.717) is 17.6 Å². The summed E-state index contributed by atoms with van der Waals surface area (Å²) in [6.07, 6.45) is 1.64. The molecule has 0 fully saturated rings. The number of carbonyl (C=O) groups is 1. The number of benzene rings is 1. The first kappa shape index (κ1) is 12.1. The molecule has 0 aliphatic carbocycles. The molecule has 1 heterocycles. The van der Waals surface area contributed by atoms with E-state index in [0.717, 1.165) is 0 Å². The van der Waals surface area contributed by atoms with Crippen LogP contribution in [0.1, 0.15) is 12.5 Å². The van der Waals surface area contributed by atoms with Crippen molar-refractivity contribution in [1.29, 1.82) is 0 Å². The Morgan fingerprint density at radius 1 is 1.50 bits per heavy atom. The third-order valence-electron chi connectivity index (χ3n) is 2.64. The van der Waals surface area contributed by atoms with Crippen LogP contribution >= 0.6 is 0 Å². The minimum atomic E-state index is -0.704. The molecular formula is C12H12N2O4. The van der Waals surface area contributed by atoms with Gasteiger partial charge in [0, 0.05) is 17.8 Å². The molecule has 0 saturated carbocycles. The molecule has 0 spiro atoms. The van der Waals surface area contributed by atoms with Gasteiger partial charge >= 0.3 is 0 Å². The number of hydrogen-bond donors (Lipinski definition) is 0. The Morgan fingerprint density at radius 3 is 2.89 bits per heavy atom. The molecule has 1 unspecified atom stereocenters. The van der Waals surface area contributed by atoms with Crippen LogP contribution in [0.15, 0.2) is 36.2 Å². The molecule has 1 aromatic carbocycles. The number of ether oxygens (including phenoxy) is 1. The van der Waals surface area contributed by atoms with Gasteiger partial charge in [-0.15, -0.1) is 0 Å². The highest BCUT2D eigenvalue weighted by Gasteiger charge is 2.25. The minimum Gasteiger partial charge on any atom is -0.467 e. The summed E-state index contributed by atoms with van der Waals surface area (Å²) < 4.78 is 5.24. The van der Waals surface area contributed by atoms with Gasteiger partial charge in [-0.25, -0.2) is 0 Å². The number of nitro groups is 1. The maximum atomic E-state index is 10.9. The fourth-order valence-corrected chi connectivity index (χ4v) is 1.86. The molecule has 2 rings (SSSR count).